The summed E-state index contributed by atoms with van der Waals surface area (Å²) in [7, 11) is 0. The number of anilines is 1. The first-order valence-electron chi connectivity index (χ1n) is 12.3. The lowest BCUT2D eigenvalue weighted by Gasteiger charge is -2.26. The normalized spacial score (nSPS) is 24.4. The van der Waals surface area contributed by atoms with Crippen LogP contribution in [-0.4, -0.2) is 57.4 Å². The summed E-state index contributed by atoms with van der Waals surface area (Å²) >= 11 is 1.45. The van der Waals surface area contributed by atoms with Crippen LogP contribution in [0.4, 0.5) is 5.13 Å². The van der Waals surface area contributed by atoms with E-state index in [0.717, 1.165) is 37.8 Å². The van der Waals surface area contributed by atoms with Gasteiger partial charge in [-0.05, 0) is 32.1 Å². The molecular weight excluding hydrogens is 452 g/mol. The second kappa shape index (κ2) is 10.9. The third-order valence-electron chi connectivity index (χ3n) is 6.62. The molecule has 0 aromatic carbocycles. The van der Waals surface area contributed by atoms with Gasteiger partial charge >= 0.3 is 5.97 Å². The summed E-state index contributed by atoms with van der Waals surface area (Å²) in [5.41, 5.74) is -0.356. The molecule has 0 unspecified atom stereocenters. The van der Waals surface area contributed by atoms with Crippen molar-refractivity contribution in [2.45, 2.75) is 89.6 Å². The van der Waals surface area contributed by atoms with Crippen LogP contribution in [0.15, 0.2) is 17.5 Å². The number of carbonyl (C=O) groups excluding carboxylic acids is 2. The molecule has 0 radical (unpaired) electrons. The summed E-state index contributed by atoms with van der Waals surface area (Å²) < 4.78 is 0. The number of nitrogens with one attached hydrogen (secondary N) is 2. The molecule has 1 saturated carbocycles. The fourth-order valence-electron chi connectivity index (χ4n) is 4.33. The Hall–Kier alpha value is -2.42. The first-order chi connectivity index (χ1) is 16.1. The van der Waals surface area contributed by atoms with E-state index in [1.54, 1.807) is 4.90 Å². The van der Waals surface area contributed by atoms with Gasteiger partial charge in [-0.3, -0.25) is 9.59 Å². The summed E-state index contributed by atoms with van der Waals surface area (Å²) in [5, 5.41) is 18.3. The van der Waals surface area contributed by atoms with Crippen LogP contribution in [0.2, 0.25) is 0 Å². The Morgan fingerprint density at radius 3 is 2.74 bits per heavy atom. The molecule has 9 heteroatoms. The van der Waals surface area contributed by atoms with Gasteiger partial charge in [0.1, 0.15) is 11.6 Å². The van der Waals surface area contributed by atoms with Crippen LogP contribution in [0.5, 0.6) is 0 Å². The largest absolute Gasteiger partial charge is 0.479 e. The number of carboxylic acids is 1. The van der Waals surface area contributed by atoms with Crippen LogP contribution in [0.1, 0.15) is 78.3 Å². The van der Waals surface area contributed by atoms with Crippen LogP contribution < -0.4 is 10.6 Å². The zero-order valence-electron chi connectivity index (χ0n) is 20.7. The molecule has 1 aromatic rings. The molecule has 8 nitrogen and oxygen atoms in total. The number of thiazole rings is 1. The topological polar surface area (TPSA) is 112 Å². The number of likely N-dealkylation sites (tertiary alicyclic amines) is 1. The highest BCUT2D eigenvalue weighted by molar-refractivity contribution is 7.13. The van der Waals surface area contributed by atoms with Gasteiger partial charge in [0.2, 0.25) is 11.8 Å². The molecule has 3 atom stereocenters. The van der Waals surface area contributed by atoms with Gasteiger partial charge in [0, 0.05) is 23.3 Å². The molecule has 1 aliphatic heterocycles. The summed E-state index contributed by atoms with van der Waals surface area (Å²) in [6.45, 7) is 8.94. The Kier molecular flexibility index (Phi) is 8.38. The molecule has 2 fully saturated rings. The minimum Gasteiger partial charge on any atom is -0.479 e. The highest BCUT2D eigenvalue weighted by Crippen LogP contribution is 2.45. The van der Waals surface area contributed by atoms with Gasteiger partial charge in [0.25, 0.3) is 0 Å². The van der Waals surface area contributed by atoms with Crippen LogP contribution in [0, 0.1) is 5.92 Å². The van der Waals surface area contributed by atoms with Crippen molar-refractivity contribution < 1.29 is 19.5 Å². The van der Waals surface area contributed by atoms with E-state index < -0.39 is 17.6 Å². The SMILES string of the molecule is CCCCC/C=C\[C@@H]1C[C@]1(NC(=O)[C@@H]1CCCN1C(=O)CNc1nc(C(C)(C)C)cs1)C(=O)O. The van der Waals surface area contributed by atoms with Crippen LogP contribution in [-0.2, 0) is 19.8 Å². The Morgan fingerprint density at radius 2 is 2.09 bits per heavy atom. The van der Waals surface area contributed by atoms with Crippen molar-refractivity contribution in [3.8, 4) is 0 Å². The highest BCUT2D eigenvalue weighted by atomic mass is 32.1. The molecule has 188 valence electrons. The van der Waals surface area contributed by atoms with Crippen molar-refractivity contribution in [2.24, 2.45) is 5.92 Å². The number of aromatic nitrogens is 1. The van der Waals surface area contributed by atoms with Gasteiger partial charge in [-0.2, -0.15) is 0 Å². The summed E-state index contributed by atoms with van der Waals surface area (Å²) in [5.74, 6) is -1.78. The number of unbranched alkanes of at least 4 members (excludes halogenated alkanes) is 3. The van der Waals surface area contributed by atoms with Gasteiger partial charge in [0.05, 0.1) is 12.2 Å². The molecule has 1 aromatic heterocycles. The highest BCUT2D eigenvalue weighted by Gasteiger charge is 2.61. The molecule has 2 heterocycles. The Labute approximate surface area is 206 Å². The fraction of sp³-hybridized carbons (Fsp3) is 0.680. The van der Waals surface area contributed by atoms with E-state index in [2.05, 4.69) is 43.3 Å². The van der Waals surface area contributed by atoms with E-state index >= 15 is 0 Å². The van der Waals surface area contributed by atoms with Crippen molar-refractivity contribution in [1.82, 2.24) is 15.2 Å². The summed E-state index contributed by atoms with van der Waals surface area (Å²) in [6.07, 6.45) is 9.88. The number of carbonyl (C=O) groups is 3. The van der Waals surface area contributed by atoms with Gasteiger partial charge in [0.15, 0.2) is 5.13 Å². The third-order valence-corrected chi connectivity index (χ3v) is 7.42. The lowest BCUT2D eigenvalue weighted by atomic mass is 9.93. The van der Waals surface area contributed by atoms with E-state index in [1.165, 1.54) is 11.3 Å². The first-order valence-corrected chi connectivity index (χ1v) is 13.2. The fourth-order valence-corrected chi connectivity index (χ4v) is 5.27. The minimum atomic E-state index is -1.25. The number of allylic oxidation sites excluding steroid dienone is 1. The van der Waals surface area contributed by atoms with Crippen molar-refractivity contribution in [3.63, 3.8) is 0 Å². The smallest absolute Gasteiger partial charge is 0.330 e. The van der Waals surface area contributed by atoms with Crippen LogP contribution >= 0.6 is 11.3 Å². The molecule has 34 heavy (non-hydrogen) atoms. The molecular formula is C25H38N4O4S. The van der Waals surface area contributed by atoms with E-state index in [1.807, 2.05) is 17.5 Å². The average molecular weight is 491 g/mol. The van der Waals surface area contributed by atoms with Crippen LogP contribution in [0.3, 0.4) is 0 Å². The molecule has 0 spiro atoms. The quantitative estimate of drug-likeness (QED) is 0.320. The Morgan fingerprint density at radius 1 is 1.32 bits per heavy atom. The number of rotatable bonds is 11. The molecule has 2 amide bonds. The van der Waals surface area contributed by atoms with Crippen LogP contribution in [0.25, 0.3) is 0 Å². The third kappa shape index (κ3) is 6.17. The number of carboxylic acid groups (broad SMARTS) is 1. The average Bonchev–Trinajstić information content (AvgIpc) is 3.15. The summed E-state index contributed by atoms with van der Waals surface area (Å²) in [4.78, 5) is 44.0. The minimum absolute atomic E-state index is 0.0497. The zero-order chi connectivity index (χ0) is 24.9. The number of hydrogen-bond donors (Lipinski definition) is 3. The second-order valence-corrected chi connectivity index (χ2v) is 11.2. The first kappa shape index (κ1) is 26.2. The number of hydrogen-bond acceptors (Lipinski definition) is 6. The van der Waals surface area contributed by atoms with Gasteiger partial charge < -0.3 is 20.6 Å². The molecule has 3 N–H and O–H groups in total. The predicted octanol–water partition coefficient (Wildman–Crippen LogP) is 3.94. The maximum absolute atomic E-state index is 13.0. The van der Waals surface area contributed by atoms with Gasteiger partial charge in [-0.15, -0.1) is 11.3 Å². The number of nitrogens with zero attached hydrogens (tertiary/aromatic N) is 2. The molecule has 2 aliphatic rings. The van der Waals surface area contributed by atoms with E-state index in [-0.39, 0.29) is 29.7 Å². The maximum atomic E-state index is 13.0. The number of amides is 2. The lowest BCUT2D eigenvalue weighted by molar-refractivity contribution is -0.145. The Balaban J connectivity index is 1.55. The van der Waals surface area contributed by atoms with E-state index in [4.69, 9.17) is 0 Å². The standard InChI is InChI=1S/C25H38N4O4S/c1-5-6-7-8-9-11-17-14-25(17,22(32)33)28-21(31)18-12-10-13-29(18)20(30)15-26-23-27-19(16-34-23)24(2,3)4/h9,11,16-18H,5-8,10,12-15H2,1-4H3,(H,26,27)(H,28,31)(H,32,33)/b11-9-/t17-,18+,25-/m1/s1. The molecule has 1 saturated heterocycles. The lowest BCUT2D eigenvalue weighted by Crippen LogP contribution is -2.53. The second-order valence-electron chi connectivity index (χ2n) is 10.4. The molecule has 0 bridgehead atoms. The predicted molar refractivity (Wildman–Crippen MR) is 134 cm³/mol. The summed E-state index contributed by atoms with van der Waals surface area (Å²) in [6, 6.07) is -0.637. The van der Waals surface area contributed by atoms with Crippen molar-refractivity contribution in [3.05, 3.63) is 23.2 Å². The van der Waals surface area contributed by atoms with Gasteiger partial charge in [-0.25, -0.2) is 9.78 Å². The molecule has 1 aliphatic carbocycles. The van der Waals surface area contributed by atoms with E-state index in [9.17, 15) is 19.5 Å². The van der Waals surface area contributed by atoms with Crippen molar-refractivity contribution in [1.29, 1.82) is 0 Å². The Bertz CT molecular complexity index is 922. The van der Waals surface area contributed by atoms with Gasteiger partial charge in [-0.1, -0.05) is 52.7 Å². The van der Waals surface area contributed by atoms with Crippen molar-refractivity contribution in [2.75, 3.05) is 18.4 Å². The number of aliphatic carboxylic acids is 1. The van der Waals surface area contributed by atoms with Crippen molar-refractivity contribution >= 4 is 34.3 Å². The maximum Gasteiger partial charge on any atom is 0.330 e. The molecule has 3 rings (SSSR count). The zero-order valence-corrected chi connectivity index (χ0v) is 21.5. The monoisotopic (exact) mass is 490 g/mol. The van der Waals surface area contributed by atoms with E-state index in [0.29, 0.717) is 24.5 Å².